The van der Waals surface area contributed by atoms with Gasteiger partial charge in [-0.1, -0.05) is 13.8 Å². The smallest absolute Gasteiger partial charge is 0.236 e. The molecular weight excluding hydrogens is 252 g/mol. The quantitative estimate of drug-likeness (QED) is 0.775. The molecule has 5 heteroatoms. The van der Waals surface area contributed by atoms with Crippen molar-refractivity contribution in [3.63, 3.8) is 0 Å². The molecule has 5 nitrogen and oxygen atoms in total. The van der Waals surface area contributed by atoms with Gasteiger partial charge in [-0.2, -0.15) is 0 Å². The van der Waals surface area contributed by atoms with Crippen LogP contribution in [0.2, 0.25) is 0 Å². The zero-order valence-electron chi connectivity index (χ0n) is 13.1. The summed E-state index contributed by atoms with van der Waals surface area (Å²) in [5.41, 5.74) is 0. The standard InChI is InChI=1S/C15H30N4O/c1-14(2)3-6-17-9-11-19(12-10-17)15(20)13-18-7-4-16-5-8-18/h14,16H,3-13H2,1-2H3. The van der Waals surface area contributed by atoms with Crippen molar-refractivity contribution in [2.75, 3.05) is 65.4 Å². The first-order valence-corrected chi connectivity index (χ1v) is 8.08. The SMILES string of the molecule is CC(C)CCN1CCN(C(=O)CN2CCNCC2)CC1. The number of hydrogen-bond acceptors (Lipinski definition) is 4. The Balaban J connectivity index is 1.66. The van der Waals surface area contributed by atoms with Crippen molar-refractivity contribution in [3.8, 4) is 0 Å². The first-order valence-electron chi connectivity index (χ1n) is 8.08. The van der Waals surface area contributed by atoms with Gasteiger partial charge in [0.15, 0.2) is 0 Å². The van der Waals surface area contributed by atoms with Crippen LogP contribution in [0.1, 0.15) is 20.3 Å². The van der Waals surface area contributed by atoms with Crippen LogP contribution < -0.4 is 5.32 Å². The van der Waals surface area contributed by atoms with Crippen LogP contribution in [0.15, 0.2) is 0 Å². The van der Waals surface area contributed by atoms with Crippen molar-refractivity contribution in [3.05, 3.63) is 0 Å². The summed E-state index contributed by atoms with van der Waals surface area (Å²) in [7, 11) is 0. The summed E-state index contributed by atoms with van der Waals surface area (Å²) >= 11 is 0. The summed E-state index contributed by atoms with van der Waals surface area (Å²) < 4.78 is 0. The van der Waals surface area contributed by atoms with Crippen LogP contribution in [0, 0.1) is 5.92 Å². The van der Waals surface area contributed by atoms with Crippen molar-refractivity contribution in [2.24, 2.45) is 5.92 Å². The van der Waals surface area contributed by atoms with Gasteiger partial charge < -0.3 is 10.2 Å². The molecular formula is C15H30N4O. The average Bonchev–Trinajstić information content (AvgIpc) is 2.46. The number of nitrogens with one attached hydrogen (secondary N) is 1. The van der Waals surface area contributed by atoms with Gasteiger partial charge in [0.25, 0.3) is 0 Å². The minimum atomic E-state index is 0.315. The van der Waals surface area contributed by atoms with E-state index < -0.39 is 0 Å². The van der Waals surface area contributed by atoms with Gasteiger partial charge in [-0.25, -0.2) is 0 Å². The minimum absolute atomic E-state index is 0.315. The molecule has 0 bridgehead atoms. The lowest BCUT2D eigenvalue weighted by molar-refractivity contribution is -0.134. The molecule has 2 heterocycles. The van der Waals surface area contributed by atoms with Crippen LogP contribution in [0.4, 0.5) is 0 Å². The van der Waals surface area contributed by atoms with Crippen LogP contribution in [0.3, 0.4) is 0 Å². The fourth-order valence-corrected chi connectivity index (χ4v) is 2.82. The highest BCUT2D eigenvalue weighted by Gasteiger charge is 2.23. The van der Waals surface area contributed by atoms with Crippen molar-refractivity contribution in [1.82, 2.24) is 20.0 Å². The van der Waals surface area contributed by atoms with Gasteiger partial charge in [-0.3, -0.25) is 14.6 Å². The van der Waals surface area contributed by atoms with Crippen molar-refractivity contribution in [1.29, 1.82) is 0 Å². The molecule has 20 heavy (non-hydrogen) atoms. The Bertz CT molecular complexity index is 294. The fraction of sp³-hybridized carbons (Fsp3) is 0.933. The Hall–Kier alpha value is -0.650. The highest BCUT2D eigenvalue weighted by Crippen LogP contribution is 2.07. The van der Waals surface area contributed by atoms with Crippen molar-refractivity contribution >= 4 is 5.91 Å². The zero-order valence-corrected chi connectivity index (χ0v) is 13.1. The molecule has 0 spiro atoms. The van der Waals surface area contributed by atoms with E-state index in [2.05, 4.69) is 29.0 Å². The molecule has 2 rings (SSSR count). The third-order valence-electron chi connectivity index (χ3n) is 4.32. The Labute approximate surface area is 123 Å². The molecule has 0 aromatic carbocycles. The number of piperazine rings is 2. The van der Waals surface area contributed by atoms with E-state index in [1.165, 1.54) is 13.0 Å². The lowest BCUT2D eigenvalue weighted by Crippen LogP contribution is -2.53. The molecule has 2 aliphatic heterocycles. The maximum absolute atomic E-state index is 12.3. The number of amides is 1. The Morgan fingerprint density at radius 2 is 1.65 bits per heavy atom. The summed E-state index contributed by atoms with van der Waals surface area (Å²) in [6, 6.07) is 0. The van der Waals surface area contributed by atoms with E-state index in [0.29, 0.717) is 12.5 Å². The Morgan fingerprint density at radius 3 is 2.25 bits per heavy atom. The highest BCUT2D eigenvalue weighted by molar-refractivity contribution is 5.78. The second-order valence-corrected chi connectivity index (χ2v) is 6.43. The third kappa shape index (κ3) is 5.04. The monoisotopic (exact) mass is 282 g/mol. The molecule has 0 saturated carbocycles. The van der Waals surface area contributed by atoms with Gasteiger partial charge in [-0.05, 0) is 18.9 Å². The molecule has 2 fully saturated rings. The maximum atomic E-state index is 12.3. The molecule has 1 N–H and O–H groups in total. The number of hydrogen-bond donors (Lipinski definition) is 1. The van der Waals surface area contributed by atoms with Crippen LogP contribution in [0.25, 0.3) is 0 Å². The largest absolute Gasteiger partial charge is 0.339 e. The molecule has 0 aromatic rings. The summed E-state index contributed by atoms with van der Waals surface area (Å²) in [5, 5.41) is 3.32. The number of carbonyl (C=O) groups is 1. The van der Waals surface area contributed by atoms with Gasteiger partial charge in [0.2, 0.25) is 5.91 Å². The fourth-order valence-electron chi connectivity index (χ4n) is 2.82. The van der Waals surface area contributed by atoms with E-state index in [1.54, 1.807) is 0 Å². The van der Waals surface area contributed by atoms with Gasteiger partial charge in [0, 0.05) is 52.4 Å². The molecule has 0 radical (unpaired) electrons. The summed E-state index contributed by atoms with van der Waals surface area (Å²) in [6.45, 7) is 14.2. The van der Waals surface area contributed by atoms with Gasteiger partial charge in [-0.15, -0.1) is 0 Å². The lowest BCUT2D eigenvalue weighted by atomic mass is 10.1. The molecule has 116 valence electrons. The van der Waals surface area contributed by atoms with E-state index in [0.717, 1.165) is 58.3 Å². The minimum Gasteiger partial charge on any atom is -0.339 e. The van der Waals surface area contributed by atoms with Crippen molar-refractivity contribution < 1.29 is 4.79 Å². The topological polar surface area (TPSA) is 38.8 Å². The maximum Gasteiger partial charge on any atom is 0.236 e. The third-order valence-corrected chi connectivity index (χ3v) is 4.32. The summed E-state index contributed by atoms with van der Waals surface area (Å²) in [6.07, 6.45) is 1.26. The van der Waals surface area contributed by atoms with E-state index in [4.69, 9.17) is 0 Å². The Morgan fingerprint density at radius 1 is 1.00 bits per heavy atom. The van der Waals surface area contributed by atoms with Gasteiger partial charge >= 0.3 is 0 Å². The first-order chi connectivity index (χ1) is 9.65. The van der Waals surface area contributed by atoms with Gasteiger partial charge in [0.1, 0.15) is 0 Å². The van der Waals surface area contributed by atoms with Crippen LogP contribution >= 0.6 is 0 Å². The molecule has 1 amide bonds. The van der Waals surface area contributed by atoms with E-state index in [-0.39, 0.29) is 0 Å². The summed E-state index contributed by atoms with van der Waals surface area (Å²) in [4.78, 5) is 19.1. The molecule has 0 atom stereocenters. The predicted octanol–water partition coefficient (Wildman–Crippen LogP) is 0.0819. The second-order valence-electron chi connectivity index (χ2n) is 6.43. The average molecular weight is 282 g/mol. The first kappa shape index (κ1) is 15.7. The molecule has 0 aromatic heterocycles. The molecule has 2 aliphatic rings. The van der Waals surface area contributed by atoms with Crippen LogP contribution in [-0.2, 0) is 4.79 Å². The normalized spacial score (nSPS) is 22.4. The van der Waals surface area contributed by atoms with E-state index >= 15 is 0 Å². The number of nitrogens with zero attached hydrogens (tertiary/aromatic N) is 3. The van der Waals surface area contributed by atoms with Crippen LogP contribution in [-0.4, -0.2) is 86.1 Å². The second kappa shape index (κ2) is 7.96. The van der Waals surface area contributed by atoms with E-state index in [9.17, 15) is 4.79 Å². The predicted molar refractivity (Wildman–Crippen MR) is 81.8 cm³/mol. The Kier molecular flexibility index (Phi) is 6.26. The lowest BCUT2D eigenvalue weighted by Gasteiger charge is -2.36. The van der Waals surface area contributed by atoms with Crippen LogP contribution in [0.5, 0.6) is 0 Å². The highest BCUT2D eigenvalue weighted by atomic mass is 16.2. The zero-order chi connectivity index (χ0) is 14.4. The van der Waals surface area contributed by atoms with E-state index in [1.807, 2.05) is 4.90 Å². The molecule has 0 unspecified atom stereocenters. The number of rotatable bonds is 5. The molecule has 0 aliphatic carbocycles. The number of carbonyl (C=O) groups excluding carboxylic acids is 1. The van der Waals surface area contributed by atoms with Crippen molar-refractivity contribution in [2.45, 2.75) is 20.3 Å². The van der Waals surface area contributed by atoms with Gasteiger partial charge in [0.05, 0.1) is 6.54 Å². The molecule has 2 saturated heterocycles. The summed E-state index contributed by atoms with van der Waals surface area (Å²) in [5.74, 6) is 1.08.